The number of benzene rings is 1. The Bertz CT molecular complexity index is 414. The van der Waals surface area contributed by atoms with E-state index >= 15 is 0 Å². The van der Waals surface area contributed by atoms with E-state index in [2.05, 4.69) is 0 Å². The van der Waals surface area contributed by atoms with Crippen LogP contribution in [0.5, 0.6) is 0 Å². The van der Waals surface area contributed by atoms with Crippen molar-refractivity contribution >= 4 is 17.3 Å². The van der Waals surface area contributed by atoms with Gasteiger partial charge in [-0.15, -0.1) is 0 Å². The van der Waals surface area contributed by atoms with Gasteiger partial charge >= 0.3 is 0 Å². The summed E-state index contributed by atoms with van der Waals surface area (Å²) in [4.78, 5) is 14.2. The number of carbonyl (C=O) groups is 1. The minimum atomic E-state index is -0.0138. The molecule has 1 aliphatic rings. The van der Waals surface area contributed by atoms with E-state index in [4.69, 9.17) is 10.5 Å². The molecule has 1 unspecified atom stereocenters. The highest BCUT2D eigenvalue weighted by Gasteiger charge is 2.26. The Kier molecular flexibility index (Phi) is 4.20. The average molecular weight is 248 g/mol. The molecule has 0 aromatic heterocycles. The molecule has 1 amide bonds. The van der Waals surface area contributed by atoms with Gasteiger partial charge in [-0.3, -0.25) is 4.79 Å². The summed E-state index contributed by atoms with van der Waals surface area (Å²) >= 11 is 0. The van der Waals surface area contributed by atoms with Crippen LogP contribution in [0.2, 0.25) is 0 Å². The van der Waals surface area contributed by atoms with E-state index in [1.54, 1.807) is 4.90 Å². The first-order chi connectivity index (χ1) is 8.72. The second-order valence-corrected chi connectivity index (χ2v) is 4.59. The number of rotatable bonds is 3. The second-order valence-electron chi connectivity index (χ2n) is 4.59. The van der Waals surface area contributed by atoms with Crippen molar-refractivity contribution in [2.75, 3.05) is 30.4 Å². The number of ether oxygens (including phenoxy) is 1. The molecule has 0 saturated carbocycles. The molecule has 1 aromatic carbocycles. The van der Waals surface area contributed by atoms with Crippen LogP contribution < -0.4 is 10.6 Å². The second kappa shape index (κ2) is 5.87. The van der Waals surface area contributed by atoms with E-state index in [0.717, 1.165) is 25.1 Å². The van der Waals surface area contributed by atoms with Crippen LogP contribution in [0.3, 0.4) is 0 Å². The van der Waals surface area contributed by atoms with Crippen molar-refractivity contribution in [3.63, 3.8) is 0 Å². The maximum atomic E-state index is 12.4. The fraction of sp³-hybridized carbons (Fsp3) is 0.500. The molecular weight excluding hydrogens is 228 g/mol. The Morgan fingerprint density at radius 1 is 1.56 bits per heavy atom. The van der Waals surface area contributed by atoms with E-state index < -0.39 is 0 Å². The minimum absolute atomic E-state index is 0.0138. The van der Waals surface area contributed by atoms with Crippen LogP contribution in [0.1, 0.15) is 19.8 Å². The van der Waals surface area contributed by atoms with Gasteiger partial charge in [0.25, 0.3) is 0 Å². The molecule has 1 aliphatic heterocycles. The Morgan fingerprint density at radius 3 is 3.00 bits per heavy atom. The Morgan fingerprint density at radius 2 is 2.39 bits per heavy atom. The molecule has 0 spiro atoms. The number of hydrogen-bond donors (Lipinski definition) is 1. The van der Waals surface area contributed by atoms with Gasteiger partial charge in [-0.25, -0.2) is 0 Å². The normalized spacial score (nSPS) is 19.5. The van der Waals surface area contributed by atoms with Gasteiger partial charge in [-0.1, -0.05) is 6.07 Å². The van der Waals surface area contributed by atoms with Crippen molar-refractivity contribution in [3.05, 3.63) is 24.3 Å². The summed E-state index contributed by atoms with van der Waals surface area (Å²) < 4.78 is 5.39. The van der Waals surface area contributed by atoms with Gasteiger partial charge in [0.05, 0.1) is 12.5 Å². The topological polar surface area (TPSA) is 55.6 Å². The van der Waals surface area contributed by atoms with Gasteiger partial charge in [-0.05, 0) is 38.0 Å². The lowest BCUT2D eigenvalue weighted by Crippen LogP contribution is -2.39. The molecule has 1 fully saturated rings. The summed E-state index contributed by atoms with van der Waals surface area (Å²) in [6.07, 6.45) is 1.88. The number of hydrogen-bond acceptors (Lipinski definition) is 3. The molecule has 0 aliphatic carbocycles. The molecule has 2 N–H and O–H groups in total. The van der Waals surface area contributed by atoms with Crippen molar-refractivity contribution in [1.82, 2.24) is 0 Å². The van der Waals surface area contributed by atoms with E-state index in [1.807, 2.05) is 31.2 Å². The van der Waals surface area contributed by atoms with Crippen molar-refractivity contribution in [2.24, 2.45) is 5.92 Å². The standard InChI is InChI=1S/C14H20N2O2/c1-2-16(13-7-3-6-12(15)9-13)14(17)11-5-4-8-18-10-11/h3,6-7,9,11H,2,4-5,8,10,15H2,1H3. The molecule has 98 valence electrons. The summed E-state index contributed by atoms with van der Waals surface area (Å²) in [5.41, 5.74) is 7.31. The van der Waals surface area contributed by atoms with Crippen LogP contribution in [0.4, 0.5) is 11.4 Å². The molecule has 18 heavy (non-hydrogen) atoms. The highest BCUT2D eigenvalue weighted by molar-refractivity contribution is 5.95. The maximum absolute atomic E-state index is 12.4. The summed E-state index contributed by atoms with van der Waals surface area (Å²) in [7, 11) is 0. The molecule has 2 rings (SSSR count). The molecule has 4 heteroatoms. The quantitative estimate of drug-likeness (QED) is 0.833. The number of anilines is 2. The lowest BCUT2D eigenvalue weighted by molar-refractivity contribution is -0.126. The molecule has 1 aromatic rings. The van der Waals surface area contributed by atoms with Gasteiger partial charge in [0, 0.05) is 24.5 Å². The van der Waals surface area contributed by atoms with Gasteiger partial charge < -0.3 is 15.4 Å². The molecule has 1 heterocycles. The first-order valence-corrected chi connectivity index (χ1v) is 6.47. The Balaban J connectivity index is 2.14. The molecule has 1 atom stereocenters. The third-order valence-electron chi connectivity index (χ3n) is 3.27. The molecule has 1 saturated heterocycles. The van der Waals surface area contributed by atoms with E-state index in [-0.39, 0.29) is 11.8 Å². The lowest BCUT2D eigenvalue weighted by atomic mass is 10.0. The van der Waals surface area contributed by atoms with Gasteiger partial charge in [0.1, 0.15) is 0 Å². The predicted octanol–water partition coefficient (Wildman–Crippen LogP) is 2.05. The first-order valence-electron chi connectivity index (χ1n) is 6.47. The summed E-state index contributed by atoms with van der Waals surface area (Å²) in [5, 5.41) is 0. The van der Waals surface area contributed by atoms with Crippen molar-refractivity contribution in [2.45, 2.75) is 19.8 Å². The van der Waals surface area contributed by atoms with Crippen molar-refractivity contribution in [1.29, 1.82) is 0 Å². The first kappa shape index (κ1) is 12.9. The van der Waals surface area contributed by atoms with Crippen molar-refractivity contribution < 1.29 is 9.53 Å². The number of nitrogen functional groups attached to an aromatic ring is 1. The number of amides is 1. The zero-order chi connectivity index (χ0) is 13.0. The zero-order valence-electron chi connectivity index (χ0n) is 10.8. The van der Waals surface area contributed by atoms with Gasteiger partial charge in [0.2, 0.25) is 5.91 Å². The van der Waals surface area contributed by atoms with E-state index in [1.165, 1.54) is 0 Å². The van der Waals surface area contributed by atoms with Crippen LogP contribution in [-0.4, -0.2) is 25.7 Å². The average Bonchev–Trinajstić information content (AvgIpc) is 2.40. The van der Waals surface area contributed by atoms with Crippen LogP contribution in [0, 0.1) is 5.92 Å². The SMILES string of the molecule is CCN(C(=O)C1CCCOC1)c1cccc(N)c1. The fourth-order valence-corrected chi connectivity index (χ4v) is 2.31. The number of nitrogens with two attached hydrogens (primary N) is 1. The number of carbonyl (C=O) groups excluding carboxylic acids is 1. The molecule has 4 nitrogen and oxygen atoms in total. The molecule has 0 radical (unpaired) electrons. The monoisotopic (exact) mass is 248 g/mol. The Labute approximate surface area is 108 Å². The van der Waals surface area contributed by atoms with Crippen LogP contribution in [0.25, 0.3) is 0 Å². The predicted molar refractivity (Wildman–Crippen MR) is 72.4 cm³/mol. The largest absolute Gasteiger partial charge is 0.399 e. The van der Waals surface area contributed by atoms with Crippen molar-refractivity contribution in [3.8, 4) is 0 Å². The molecular formula is C14H20N2O2. The van der Waals surface area contributed by atoms with Gasteiger partial charge in [-0.2, -0.15) is 0 Å². The highest BCUT2D eigenvalue weighted by Crippen LogP contribution is 2.22. The summed E-state index contributed by atoms with van der Waals surface area (Å²) in [6.45, 7) is 3.94. The fourth-order valence-electron chi connectivity index (χ4n) is 2.31. The third kappa shape index (κ3) is 2.82. The summed E-state index contributed by atoms with van der Waals surface area (Å²) in [5.74, 6) is 0.128. The third-order valence-corrected chi connectivity index (χ3v) is 3.27. The lowest BCUT2D eigenvalue weighted by Gasteiger charge is -2.28. The summed E-state index contributed by atoms with van der Waals surface area (Å²) in [6, 6.07) is 7.45. The van der Waals surface area contributed by atoms with Gasteiger partial charge in [0.15, 0.2) is 0 Å². The van der Waals surface area contributed by atoms with Crippen LogP contribution in [0.15, 0.2) is 24.3 Å². The van der Waals surface area contributed by atoms with E-state index in [9.17, 15) is 4.79 Å². The maximum Gasteiger partial charge on any atom is 0.232 e. The smallest absolute Gasteiger partial charge is 0.232 e. The zero-order valence-corrected chi connectivity index (χ0v) is 10.8. The van der Waals surface area contributed by atoms with Crippen LogP contribution >= 0.6 is 0 Å². The highest BCUT2D eigenvalue weighted by atomic mass is 16.5. The van der Waals surface area contributed by atoms with Crippen LogP contribution in [-0.2, 0) is 9.53 Å². The minimum Gasteiger partial charge on any atom is -0.399 e. The number of nitrogens with zero attached hydrogens (tertiary/aromatic N) is 1. The molecule has 0 bridgehead atoms. The Hall–Kier alpha value is -1.55. The van der Waals surface area contributed by atoms with E-state index in [0.29, 0.717) is 18.8 Å².